The van der Waals surface area contributed by atoms with Crippen LogP contribution in [0.1, 0.15) is 29.2 Å². The van der Waals surface area contributed by atoms with Gasteiger partial charge >= 0.3 is 6.01 Å². The summed E-state index contributed by atoms with van der Waals surface area (Å²) in [5.74, 6) is -1.59. The molecule has 4 aromatic rings. The van der Waals surface area contributed by atoms with Crippen LogP contribution in [0, 0.1) is 13.8 Å². The average molecular weight is 402 g/mol. The molecule has 0 bridgehead atoms. The van der Waals surface area contributed by atoms with Crippen molar-refractivity contribution in [2.45, 2.75) is 26.2 Å². The van der Waals surface area contributed by atoms with Crippen LogP contribution in [0.4, 0.5) is 5.69 Å². The number of benzene rings is 2. The molecule has 150 valence electrons. The van der Waals surface area contributed by atoms with Crippen molar-refractivity contribution in [1.82, 2.24) is 14.8 Å². The Morgan fingerprint density at radius 1 is 1.03 bits per heavy atom. The third-order valence-electron chi connectivity index (χ3n) is 5.38. The zero-order chi connectivity index (χ0) is 21.0. The number of carbonyl (C=O) groups excluding carboxylic acids is 2. The molecule has 1 aliphatic heterocycles. The van der Waals surface area contributed by atoms with Crippen LogP contribution < -0.4 is 10.5 Å². The van der Waals surface area contributed by atoms with Gasteiger partial charge in [-0.3, -0.25) is 24.4 Å². The van der Waals surface area contributed by atoms with Crippen molar-refractivity contribution < 1.29 is 14.0 Å². The number of hydrogen-bond acceptors (Lipinski definition) is 5. The Bertz CT molecular complexity index is 1330. The van der Waals surface area contributed by atoms with Crippen LogP contribution >= 0.6 is 0 Å². The fraction of sp³-hybridized carbons (Fsp3) is 0.182. The molecule has 3 heterocycles. The second kappa shape index (κ2) is 6.55. The van der Waals surface area contributed by atoms with E-state index in [1.807, 2.05) is 31.2 Å². The highest BCUT2D eigenvalue weighted by Gasteiger charge is 2.43. The number of aromatic nitrogens is 3. The molecular formula is C22H18N4O4. The highest BCUT2D eigenvalue weighted by Crippen LogP contribution is 2.33. The Morgan fingerprint density at radius 3 is 2.50 bits per heavy atom. The zero-order valence-electron chi connectivity index (χ0n) is 16.4. The van der Waals surface area contributed by atoms with E-state index in [4.69, 9.17) is 4.42 Å². The number of oxazole rings is 1. The normalized spacial score (nSPS) is 16.7. The lowest BCUT2D eigenvalue weighted by atomic mass is 9.98. The number of para-hydroxylation sites is 2. The standard InChI is InChI=1S/C22H18N4O4/c1-12-7-9-14(10-8-12)25-18(27)11-15(20(25)28)19-13(2)24-26(21(19)29)22-23-16-5-3-4-6-17(16)30-22/h3-10,15,24H,11H2,1-2H3/t15-/m0/s1. The molecule has 1 saturated heterocycles. The molecule has 8 heteroatoms. The Balaban J connectivity index is 1.55. The van der Waals surface area contributed by atoms with E-state index < -0.39 is 17.4 Å². The molecule has 0 aliphatic carbocycles. The summed E-state index contributed by atoms with van der Waals surface area (Å²) in [5, 5.41) is 2.93. The maximum Gasteiger partial charge on any atom is 0.325 e. The summed E-state index contributed by atoms with van der Waals surface area (Å²) in [7, 11) is 0. The van der Waals surface area contributed by atoms with Gasteiger partial charge in [-0.1, -0.05) is 29.8 Å². The third kappa shape index (κ3) is 2.68. The van der Waals surface area contributed by atoms with Gasteiger partial charge in [-0.25, -0.2) is 0 Å². The van der Waals surface area contributed by atoms with E-state index in [0.717, 1.165) is 10.5 Å². The van der Waals surface area contributed by atoms with Crippen LogP contribution in [0.5, 0.6) is 0 Å². The van der Waals surface area contributed by atoms with Gasteiger partial charge in [0, 0.05) is 12.1 Å². The van der Waals surface area contributed by atoms with Gasteiger partial charge in [0.2, 0.25) is 11.8 Å². The average Bonchev–Trinajstić information content (AvgIpc) is 3.36. The summed E-state index contributed by atoms with van der Waals surface area (Å²) in [4.78, 5) is 44.4. The zero-order valence-corrected chi connectivity index (χ0v) is 16.4. The Labute approximate surface area is 170 Å². The monoisotopic (exact) mass is 402 g/mol. The van der Waals surface area contributed by atoms with Crippen molar-refractivity contribution in [2.75, 3.05) is 4.90 Å². The largest absolute Gasteiger partial charge is 0.422 e. The molecule has 1 aliphatic rings. The fourth-order valence-corrected chi connectivity index (χ4v) is 3.88. The van der Waals surface area contributed by atoms with Gasteiger partial charge in [0.25, 0.3) is 5.56 Å². The fourth-order valence-electron chi connectivity index (χ4n) is 3.88. The van der Waals surface area contributed by atoms with Gasteiger partial charge in [0.1, 0.15) is 5.52 Å². The van der Waals surface area contributed by atoms with E-state index in [2.05, 4.69) is 10.1 Å². The lowest BCUT2D eigenvalue weighted by molar-refractivity contribution is -0.121. The number of nitrogens with zero attached hydrogens (tertiary/aromatic N) is 3. The summed E-state index contributed by atoms with van der Waals surface area (Å²) >= 11 is 0. The molecule has 1 atom stereocenters. The summed E-state index contributed by atoms with van der Waals surface area (Å²) in [6.45, 7) is 3.63. The van der Waals surface area contributed by atoms with Crippen LogP contribution in [-0.4, -0.2) is 26.6 Å². The first-order valence-electron chi connectivity index (χ1n) is 9.55. The molecular weight excluding hydrogens is 384 g/mol. The highest BCUT2D eigenvalue weighted by atomic mass is 16.4. The molecule has 1 fully saturated rings. The molecule has 2 amide bonds. The van der Waals surface area contributed by atoms with Gasteiger partial charge in [0.05, 0.1) is 17.2 Å². The molecule has 0 radical (unpaired) electrons. The molecule has 1 N–H and O–H groups in total. The Hall–Kier alpha value is -3.94. The van der Waals surface area contributed by atoms with Crippen LogP contribution in [0.25, 0.3) is 17.1 Å². The minimum Gasteiger partial charge on any atom is -0.422 e. The molecule has 5 rings (SSSR count). The van der Waals surface area contributed by atoms with Crippen molar-refractivity contribution in [3.8, 4) is 6.01 Å². The predicted octanol–water partition coefficient (Wildman–Crippen LogP) is 2.97. The lowest BCUT2D eigenvalue weighted by Crippen LogP contribution is -2.31. The number of aryl methyl sites for hydroxylation is 2. The molecule has 8 nitrogen and oxygen atoms in total. The smallest absolute Gasteiger partial charge is 0.325 e. The molecule has 2 aromatic heterocycles. The van der Waals surface area contributed by atoms with Crippen molar-refractivity contribution in [3.63, 3.8) is 0 Å². The second-order valence-corrected chi connectivity index (χ2v) is 7.41. The first-order valence-corrected chi connectivity index (χ1v) is 9.55. The van der Waals surface area contributed by atoms with Gasteiger partial charge in [-0.15, -0.1) is 0 Å². The summed E-state index contributed by atoms with van der Waals surface area (Å²) in [6.07, 6.45) is -0.0613. The molecule has 0 saturated carbocycles. The summed E-state index contributed by atoms with van der Waals surface area (Å²) in [6, 6.07) is 14.4. The van der Waals surface area contributed by atoms with E-state index in [0.29, 0.717) is 22.5 Å². The number of carbonyl (C=O) groups is 2. The number of anilines is 1. The summed E-state index contributed by atoms with van der Waals surface area (Å²) in [5.41, 5.74) is 3.00. The lowest BCUT2D eigenvalue weighted by Gasteiger charge is -2.15. The first-order chi connectivity index (χ1) is 14.4. The molecule has 30 heavy (non-hydrogen) atoms. The van der Waals surface area contributed by atoms with E-state index >= 15 is 0 Å². The van der Waals surface area contributed by atoms with E-state index in [9.17, 15) is 14.4 Å². The second-order valence-electron chi connectivity index (χ2n) is 7.41. The minimum absolute atomic E-state index is 0.0613. The summed E-state index contributed by atoms with van der Waals surface area (Å²) < 4.78 is 6.85. The highest BCUT2D eigenvalue weighted by molar-refractivity contribution is 6.22. The maximum atomic E-state index is 13.1. The SMILES string of the molecule is Cc1ccc(N2C(=O)C[C@@H](c3c(C)[nH]n(-c4nc5ccccc5o4)c3=O)C2=O)cc1. The number of rotatable bonds is 3. The first kappa shape index (κ1) is 18.1. The maximum absolute atomic E-state index is 13.1. The van der Waals surface area contributed by atoms with Crippen molar-refractivity contribution >= 4 is 28.6 Å². The van der Waals surface area contributed by atoms with E-state index in [1.54, 1.807) is 31.2 Å². The van der Waals surface area contributed by atoms with Crippen LogP contribution in [-0.2, 0) is 9.59 Å². The van der Waals surface area contributed by atoms with Gasteiger partial charge in [-0.05, 0) is 38.1 Å². The van der Waals surface area contributed by atoms with Gasteiger partial charge < -0.3 is 4.42 Å². The quantitative estimate of drug-likeness (QED) is 0.531. The number of nitrogens with one attached hydrogen (secondary N) is 1. The van der Waals surface area contributed by atoms with Crippen LogP contribution in [0.2, 0.25) is 0 Å². The van der Waals surface area contributed by atoms with E-state index in [1.165, 1.54) is 4.68 Å². The van der Waals surface area contributed by atoms with Crippen LogP contribution in [0.3, 0.4) is 0 Å². The number of aromatic amines is 1. The van der Waals surface area contributed by atoms with Crippen molar-refractivity contribution in [1.29, 1.82) is 0 Å². The van der Waals surface area contributed by atoms with E-state index in [-0.39, 0.29) is 23.9 Å². The number of amides is 2. The number of fused-ring (bicyclic) bond motifs is 1. The Kier molecular flexibility index (Phi) is 3.95. The van der Waals surface area contributed by atoms with Crippen molar-refractivity contribution in [3.05, 3.63) is 75.7 Å². The number of H-pyrrole nitrogens is 1. The number of hydrogen-bond donors (Lipinski definition) is 1. The van der Waals surface area contributed by atoms with Crippen LogP contribution in [0.15, 0.2) is 57.7 Å². The minimum atomic E-state index is -0.854. The topological polar surface area (TPSA) is 101 Å². The van der Waals surface area contributed by atoms with Crippen molar-refractivity contribution in [2.24, 2.45) is 0 Å². The van der Waals surface area contributed by atoms with Gasteiger partial charge in [-0.2, -0.15) is 9.67 Å². The van der Waals surface area contributed by atoms with Gasteiger partial charge in [0.15, 0.2) is 5.58 Å². The molecule has 2 aromatic carbocycles. The third-order valence-corrected chi connectivity index (χ3v) is 5.38. The predicted molar refractivity (Wildman–Crippen MR) is 110 cm³/mol. The Morgan fingerprint density at radius 2 is 1.77 bits per heavy atom. The molecule has 0 unspecified atom stereocenters. The molecule has 0 spiro atoms. The number of imide groups is 1.